The van der Waals surface area contributed by atoms with Crippen LogP contribution in [-0.4, -0.2) is 9.78 Å². The summed E-state index contributed by atoms with van der Waals surface area (Å²) in [6.07, 6.45) is 15.7. The van der Waals surface area contributed by atoms with Gasteiger partial charge in [-0.05, 0) is 12.8 Å². The van der Waals surface area contributed by atoms with Crippen molar-refractivity contribution in [1.82, 2.24) is 9.78 Å². The third-order valence-corrected chi connectivity index (χ3v) is 3.65. The lowest BCUT2D eigenvalue weighted by atomic mass is 10.0. The topological polar surface area (TPSA) is 43.8 Å². The van der Waals surface area contributed by atoms with E-state index in [2.05, 4.69) is 25.1 Å². The van der Waals surface area contributed by atoms with Crippen LogP contribution in [-0.2, 0) is 6.54 Å². The Bertz CT molecular complexity index is 320. The van der Waals surface area contributed by atoms with Crippen molar-refractivity contribution in [3.63, 3.8) is 0 Å². The van der Waals surface area contributed by atoms with Gasteiger partial charge in [-0.1, -0.05) is 58.8 Å². The van der Waals surface area contributed by atoms with E-state index in [0.717, 1.165) is 19.4 Å². The molecule has 1 aromatic rings. The molecule has 0 spiro atoms. The summed E-state index contributed by atoms with van der Waals surface area (Å²) in [5, 5.41) is 4.34. The van der Waals surface area contributed by atoms with Crippen LogP contribution in [0, 0.1) is 0 Å². The summed E-state index contributed by atoms with van der Waals surface area (Å²) in [6.45, 7) is 5.42. The second-order valence-electron chi connectivity index (χ2n) is 5.55. The number of nitrogens with zero attached hydrogens (tertiary/aromatic N) is 2. The maximum absolute atomic E-state index is 6.21. The van der Waals surface area contributed by atoms with E-state index in [9.17, 15) is 0 Å². The molecule has 0 aliphatic carbocycles. The second kappa shape index (κ2) is 10.0. The predicted molar refractivity (Wildman–Crippen MR) is 82.1 cm³/mol. The first-order chi connectivity index (χ1) is 9.27. The third-order valence-electron chi connectivity index (χ3n) is 3.65. The van der Waals surface area contributed by atoms with Gasteiger partial charge in [-0.2, -0.15) is 5.10 Å². The van der Waals surface area contributed by atoms with Crippen LogP contribution in [0.3, 0.4) is 0 Å². The largest absolute Gasteiger partial charge is 0.324 e. The quantitative estimate of drug-likeness (QED) is 0.601. The van der Waals surface area contributed by atoms with E-state index in [1.807, 2.05) is 10.9 Å². The first-order valence-electron chi connectivity index (χ1n) is 8.05. The molecule has 1 unspecified atom stereocenters. The van der Waals surface area contributed by atoms with E-state index in [4.69, 9.17) is 5.73 Å². The Morgan fingerprint density at radius 1 is 1.05 bits per heavy atom. The molecular formula is C16H31N3. The molecule has 0 aliphatic rings. The average Bonchev–Trinajstić information content (AvgIpc) is 2.87. The molecule has 0 bridgehead atoms. The summed E-state index contributed by atoms with van der Waals surface area (Å²) in [6, 6.07) is 0.168. The van der Waals surface area contributed by atoms with E-state index in [1.54, 1.807) is 0 Å². The van der Waals surface area contributed by atoms with Gasteiger partial charge < -0.3 is 5.73 Å². The van der Waals surface area contributed by atoms with Crippen LogP contribution in [0.4, 0.5) is 0 Å². The fraction of sp³-hybridized carbons (Fsp3) is 0.812. The highest BCUT2D eigenvalue weighted by molar-refractivity contribution is 5.09. The van der Waals surface area contributed by atoms with E-state index in [1.165, 1.54) is 50.5 Å². The van der Waals surface area contributed by atoms with Crippen LogP contribution >= 0.6 is 0 Å². The average molecular weight is 265 g/mol. The number of hydrogen-bond donors (Lipinski definition) is 1. The summed E-state index contributed by atoms with van der Waals surface area (Å²) in [5.41, 5.74) is 7.41. The zero-order chi connectivity index (χ0) is 13.9. The monoisotopic (exact) mass is 265 g/mol. The Morgan fingerprint density at radius 3 is 2.42 bits per heavy atom. The van der Waals surface area contributed by atoms with Crippen molar-refractivity contribution in [2.24, 2.45) is 5.73 Å². The highest BCUT2D eigenvalue weighted by atomic mass is 15.3. The minimum Gasteiger partial charge on any atom is -0.324 e. The molecule has 0 saturated heterocycles. The molecule has 0 fully saturated rings. The number of aromatic nitrogens is 2. The highest BCUT2D eigenvalue weighted by Gasteiger charge is 2.08. The molecule has 3 nitrogen and oxygen atoms in total. The molecule has 0 aromatic carbocycles. The summed E-state index contributed by atoms with van der Waals surface area (Å²) in [7, 11) is 0. The van der Waals surface area contributed by atoms with Crippen molar-refractivity contribution in [1.29, 1.82) is 0 Å². The fourth-order valence-electron chi connectivity index (χ4n) is 2.41. The number of hydrogen-bond acceptors (Lipinski definition) is 2. The van der Waals surface area contributed by atoms with Crippen LogP contribution in [0.15, 0.2) is 12.4 Å². The zero-order valence-corrected chi connectivity index (χ0v) is 12.8. The van der Waals surface area contributed by atoms with Gasteiger partial charge in [0.2, 0.25) is 0 Å². The molecule has 1 rings (SSSR count). The molecule has 1 heterocycles. The fourth-order valence-corrected chi connectivity index (χ4v) is 2.41. The van der Waals surface area contributed by atoms with Gasteiger partial charge in [0.1, 0.15) is 0 Å². The lowest BCUT2D eigenvalue weighted by Crippen LogP contribution is -2.09. The molecule has 19 heavy (non-hydrogen) atoms. The molecule has 110 valence electrons. The molecule has 0 saturated carbocycles. The second-order valence-corrected chi connectivity index (χ2v) is 5.55. The predicted octanol–water partition coefficient (Wildman–Crippen LogP) is 4.43. The van der Waals surface area contributed by atoms with Crippen molar-refractivity contribution >= 4 is 0 Å². The smallest absolute Gasteiger partial charge is 0.0537 e. The Balaban J connectivity index is 2.11. The maximum Gasteiger partial charge on any atom is 0.0537 e. The normalized spacial score (nSPS) is 12.8. The Morgan fingerprint density at radius 2 is 1.74 bits per heavy atom. The SMILES string of the molecule is CCCCCCCCCC(N)c1cnn(CCC)c1. The van der Waals surface area contributed by atoms with Crippen molar-refractivity contribution in [3.05, 3.63) is 18.0 Å². The highest BCUT2D eigenvalue weighted by Crippen LogP contribution is 2.17. The lowest BCUT2D eigenvalue weighted by Gasteiger charge is -2.09. The summed E-state index contributed by atoms with van der Waals surface area (Å²) in [5.74, 6) is 0. The molecule has 1 atom stereocenters. The maximum atomic E-state index is 6.21. The van der Waals surface area contributed by atoms with Crippen molar-refractivity contribution in [3.8, 4) is 0 Å². The van der Waals surface area contributed by atoms with Gasteiger partial charge in [0.25, 0.3) is 0 Å². The minimum atomic E-state index is 0.168. The number of aryl methyl sites for hydroxylation is 1. The third kappa shape index (κ3) is 6.76. The van der Waals surface area contributed by atoms with E-state index < -0.39 is 0 Å². The van der Waals surface area contributed by atoms with E-state index in [-0.39, 0.29) is 6.04 Å². The molecule has 2 N–H and O–H groups in total. The van der Waals surface area contributed by atoms with Crippen LogP contribution in [0.5, 0.6) is 0 Å². The first kappa shape index (κ1) is 16.2. The first-order valence-corrected chi connectivity index (χ1v) is 8.05. The molecule has 3 heteroatoms. The van der Waals surface area contributed by atoms with Crippen LogP contribution in [0.25, 0.3) is 0 Å². The van der Waals surface area contributed by atoms with E-state index >= 15 is 0 Å². The molecular weight excluding hydrogens is 234 g/mol. The molecule has 1 aromatic heterocycles. The zero-order valence-electron chi connectivity index (χ0n) is 12.8. The van der Waals surface area contributed by atoms with Gasteiger partial charge in [0.05, 0.1) is 6.20 Å². The van der Waals surface area contributed by atoms with Gasteiger partial charge in [-0.3, -0.25) is 4.68 Å². The van der Waals surface area contributed by atoms with Crippen LogP contribution in [0.2, 0.25) is 0 Å². The van der Waals surface area contributed by atoms with Gasteiger partial charge in [-0.15, -0.1) is 0 Å². The van der Waals surface area contributed by atoms with Crippen molar-refractivity contribution in [2.75, 3.05) is 0 Å². The van der Waals surface area contributed by atoms with Gasteiger partial charge in [0, 0.05) is 24.3 Å². The molecule has 0 aliphatic heterocycles. The van der Waals surface area contributed by atoms with Gasteiger partial charge >= 0.3 is 0 Å². The standard InChI is InChI=1S/C16H31N3/c1-3-5-6-7-8-9-10-11-16(17)15-13-18-19(14-15)12-4-2/h13-14,16H,3-12,17H2,1-2H3. The number of rotatable bonds is 11. The lowest BCUT2D eigenvalue weighted by molar-refractivity contribution is 0.540. The number of nitrogens with two attached hydrogens (primary N) is 1. The van der Waals surface area contributed by atoms with Gasteiger partial charge in [0.15, 0.2) is 0 Å². The Kier molecular flexibility index (Phi) is 8.55. The minimum absolute atomic E-state index is 0.168. The summed E-state index contributed by atoms with van der Waals surface area (Å²) in [4.78, 5) is 0. The van der Waals surface area contributed by atoms with Crippen LogP contribution < -0.4 is 5.73 Å². The van der Waals surface area contributed by atoms with E-state index in [0.29, 0.717) is 0 Å². The molecule has 0 radical (unpaired) electrons. The Labute approximate surface area is 118 Å². The summed E-state index contributed by atoms with van der Waals surface area (Å²) < 4.78 is 2.00. The number of unbranched alkanes of at least 4 members (excludes halogenated alkanes) is 6. The Hall–Kier alpha value is -0.830. The van der Waals surface area contributed by atoms with Crippen LogP contribution in [0.1, 0.15) is 83.2 Å². The van der Waals surface area contributed by atoms with Gasteiger partial charge in [-0.25, -0.2) is 0 Å². The van der Waals surface area contributed by atoms with Crippen molar-refractivity contribution in [2.45, 2.75) is 84.2 Å². The molecule has 0 amide bonds. The van der Waals surface area contributed by atoms with Crippen molar-refractivity contribution < 1.29 is 0 Å². The summed E-state index contributed by atoms with van der Waals surface area (Å²) >= 11 is 0.